The molecule has 1 heterocycles. The van der Waals surface area contributed by atoms with Gasteiger partial charge in [-0.3, -0.25) is 0 Å². The van der Waals surface area contributed by atoms with E-state index >= 15 is 0 Å². The molecule has 1 atom stereocenters. The maximum atomic E-state index is 6.45. The summed E-state index contributed by atoms with van der Waals surface area (Å²) in [7, 11) is 0. The van der Waals surface area contributed by atoms with E-state index in [1.54, 1.807) is 6.07 Å². The second-order valence-electron chi connectivity index (χ2n) is 6.28. The highest BCUT2D eigenvalue weighted by Gasteiger charge is 2.41. The topological polar surface area (TPSA) is 15.3 Å². The van der Waals surface area contributed by atoms with Crippen LogP contribution in [-0.2, 0) is 0 Å². The molecule has 1 saturated carbocycles. The second-order valence-corrected chi connectivity index (χ2v) is 7.50. The second kappa shape index (κ2) is 6.16. The molecular weight excluding hydrogens is 327 g/mol. The van der Waals surface area contributed by atoms with E-state index in [9.17, 15) is 0 Å². The largest absolute Gasteiger partial charge is 0.364 e. The first-order valence-electron chi connectivity index (χ1n) is 7.71. The van der Waals surface area contributed by atoms with Crippen LogP contribution in [0.2, 0.25) is 15.1 Å². The van der Waals surface area contributed by atoms with Gasteiger partial charge in [0.2, 0.25) is 0 Å². The maximum Gasteiger partial charge on any atom is 0.0655 e. The average molecular weight is 348 g/mol. The molecule has 5 heteroatoms. The van der Waals surface area contributed by atoms with Crippen LogP contribution in [0.15, 0.2) is 12.1 Å². The van der Waals surface area contributed by atoms with E-state index in [-0.39, 0.29) is 5.54 Å². The van der Waals surface area contributed by atoms with Crippen LogP contribution < -0.4 is 10.2 Å². The van der Waals surface area contributed by atoms with Crippen molar-refractivity contribution < 1.29 is 0 Å². The van der Waals surface area contributed by atoms with E-state index in [1.165, 1.54) is 25.7 Å². The molecule has 0 bridgehead atoms. The third-order valence-electron chi connectivity index (χ3n) is 4.96. The quantitative estimate of drug-likeness (QED) is 0.744. The zero-order chi connectivity index (χ0) is 15.0. The standard InChI is InChI=1S/C16H21Cl3N2/c1-2-11-9-20-16(5-3-4-6-16)10-21(11)15-8-13(18)12(17)7-14(15)19/h7-8,11,20H,2-6,9-10H2,1H3. The molecule has 1 aliphatic heterocycles. The summed E-state index contributed by atoms with van der Waals surface area (Å²) >= 11 is 18.7. The molecule has 21 heavy (non-hydrogen) atoms. The van der Waals surface area contributed by atoms with E-state index in [0.29, 0.717) is 21.1 Å². The number of nitrogens with one attached hydrogen (secondary N) is 1. The van der Waals surface area contributed by atoms with Crippen LogP contribution in [0.3, 0.4) is 0 Å². The molecule has 3 rings (SSSR count). The molecule has 1 aromatic rings. The summed E-state index contributed by atoms with van der Waals surface area (Å²) in [6, 6.07) is 4.13. The van der Waals surface area contributed by atoms with Crippen LogP contribution in [0.1, 0.15) is 39.0 Å². The summed E-state index contributed by atoms with van der Waals surface area (Å²) in [5, 5.41) is 5.58. The van der Waals surface area contributed by atoms with E-state index in [1.807, 2.05) is 6.07 Å². The van der Waals surface area contributed by atoms with Crippen LogP contribution in [0, 0.1) is 0 Å². The zero-order valence-corrected chi connectivity index (χ0v) is 14.5. The van der Waals surface area contributed by atoms with Crippen molar-refractivity contribution in [2.75, 3.05) is 18.0 Å². The van der Waals surface area contributed by atoms with Gasteiger partial charge in [-0.25, -0.2) is 0 Å². The highest BCUT2D eigenvalue weighted by Crippen LogP contribution is 2.40. The van der Waals surface area contributed by atoms with Crippen molar-refractivity contribution in [2.45, 2.75) is 50.6 Å². The van der Waals surface area contributed by atoms with Crippen molar-refractivity contribution in [1.29, 1.82) is 0 Å². The summed E-state index contributed by atoms with van der Waals surface area (Å²) in [4.78, 5) is 2.44. The predicted molar refractivity (Wildman–Crippen MR) is 92.1 cm³/mol. The van der Waals surface area contributed by atoms with Gasteiger partial charge in [-0.1, -0.05) is 54.6 Å². The van der Waals surface area contributed by atoms with Gasteiger partial charge >= 0.3 is 0 Å². The van der Waals surface area contributed by atoms with Gasteiger partial charge in [0, 0.05) is 24.7 Å². The minimum Gasteiger partial charge on any atom is -0.364 e. The van der Waals surface area contributed by atoms with E-state index in [2.05, 4.69) is 17.1 Å². The summed E-state index contributed by atoms with van der Waals surface area (Å²) in [5.41, 5.74) is 1.27. The molecule has 2 nitrogen and oxygen atoms in total. The first kappa shape index (κ1) is 15.7. The van der Waals surface area contributed by atoms with Crippen molar-refractivity contribution in [3.63, 3.8) is 0 Å². The Balaban J connectivity index is 1.94. The number of rotatable bonds is 2. The van der Waals surface area contributed by atoms with Crippen molar-refractivity contribution in [1.82, 2.24) is 5.32 Å². The van der Waals surface area contributed by atoms with Crippen molar-refractivity contribution in [2.24, 2.45) is 0 Å². The predicted octanol–water partition coefficient (Wildman–Crippen LogP) is 5.15. The van der Waals surface area contributed by atoms with Gasteiger partial charge < -0.3 is 10.2 Å². The smallest absolute Gasteiger partial charge is 0.0655 e. The fourth-order valence-electron chi connectivity index (χ4n) is 3.72. The van der Waals surface area contributed by atoms with Crippen LogP contribution in [0.5, 0.6) is 0 Å². The molecule has 1 spiro atoms. The van der Waals surface area contributed by atoms with Crippen LogP contribution in [-0.4, -0.2) is 24.7 Å². The molecule has 1 unspecified atom stereocenters. The SMILES string of the molecule is CCC1CNC2(CCCC2)CN1c1cc(Cl)c(Cl)cc1Cl. The molecule has 2 fully saturated rings. The fraction of sp³-hybridized carbons (Fsp3) is 0.625. The van der Waals surface area contributed by atoms with Crippen LogP contribution in [0.4, 0.5) is 5.69 Å². The van der Waals surface area contributed by atoms with Crippen LogP contribution in [0.25, 0.3) is 0 Å². The molecule has 0 radical (unpaired) electrons. The van der Waals surface area contributed by atoms with E-state index in [0.717, 1.165) is 25.2 Å². The van der Waals surface area contributed by atoms with Gasteiger partial charge in [0.05, 0.1) is 20.8 Å². The normalized spacial score (nSPS) is 24.8. The summed E-state index contributed by atoms with van der Waals surface area (Å²) in [6.45, 7) is 4.23. The van der Waals surface area contributed by atoms with Gasteiger partial charge in [-0.2, -0.15) is 0 Å². The average Bonchev–Trinajstić information content (AvgIpc) is 2.91. The molecule has 0 amide bonds. The number of benzene rings is 1. The van der Waals surface area contributed by atoms with Gasteiger partial charge in [0.1, 0.15) is 0 Å². The summed E-state index contributed by atoms with van der Waals surface area (Å²) < 4.78 is 0. The molecule has 2 aliphatic rings. The Morgan fingerprint density at radius 3 is 2.48 bits per heavy atom. The molecule has 1 aliphatic carbocycles. The highest BCUT2D eigenvalue weighted by atomic mass is 35.5. The molecule has 1 saturated heterocycles. The lowest BCUT2D eigenvalue weighted by Crippen LogP contribution is -2.63. The maximum absolute atomic E-state index is 6.45. The molecule has 0 aromatic heterocycles. The lowest BCUT2D eigenvalue weighted by atomic mass is 9.91. The fourth-order valence-corrected chi connectivity index (χ4v) is 4.37. The van der Waals surface area contributed by atoms with Gasteiger partial charge in [-0.15, -0.1) is 0 Å². The Hall–Kier alpha value is -0.150. The number of anilines is 1. The van der Waals surface area contributed by atoms with E-state index < -0.39 is 0 Å². The Bertz CT molecular complexity index is 526. The first-order valence-corrected chi connectivity index (χ1v) is 8.84. The number of halogens is 3. The van der Waals surface area contributed by atoms with Gasteiger partial charge in [0.15, 0.2) is 0 Å². The zero-order valence-electron chi connectivity index (χ0n) is 12.3. The Kier molecular flexibility index (Phi) is 4.61. The number of nitrogens with zero attached hydrogens (tertiary/aromatic N) is 1. The van der Waals surface area contributed by atoms with Crippen molar-refractivity contribution in [3.05, 3.63) is 27.2 Å². The minimum absolute atomic E-state index is 0.251. The molecular formula is C16H21Cl3N2. The highest BCUT2D eigenvalue weighted by molar-refractivity contribution is 6.44. The molecule has 1 N–H and O–H groups in total. The number of hydrogen-bond acceptors (Lipinski definition) is 2. The minimum atomic E-state index is 0.251. The first-order chi connectivity index (χ1) is 10.0. The molecule has 116 valence electrons. The lowest BCUT2D eigenvalue weighted by Gasteiger charge is -2.47. The lowest BCUT2D eigenvalue weighted by molar-refractivity contribution is 0.267. The Labute approximate surface area is 141 Å². The van der Waals surface area contributed by atoms with Crippen LogP contribution >= 0.6 is 34.8 Å². The summed E-state index contributed by atoms with van der Waals surface area (Å²) in [5.74, 6) is 0. The van der Waals surface area contributed by atoms with Crippen molar-refractivity contribution in [3.8, 4) is 0 Å². The van der Waals surface area contributed by atoms with E-state index in [4.69, 9.17) is 34.8 Å². The molecule has 1 aromatic carbocycles. The summed E-state index contributed by atoms with van der Waals surface area (Å²) in [6.07, 6.45) is 6.21. The van der Waals surface area contributed by atoms with Gasteiger partial charge in [0.25, 0.3) is 0 Å². The third kappa shape index (κ3) is 3.01. The third-order valence-corrected chi connectivity index (χ3v) is 5.98. The Morgan fingerprint density at radius 2 is 1.81 bits per heavy atom. The Morgan fingerprint density at radius 1 is 1.14 bits per heavy atom. The monoisotopic (exact) mass is 346 g/mol. The number of hydrogen-bond donors (Lipinski definition) is 1. The van der Waals surface area contributed by atoms with Gasteiger partial charge in [-0.05, 0) is 31.4 Å². The van der Waals surface area contributed by atoms with Crippen molar-refractivity contribution >= 4 is 40.5 Å². The number of piperazine rings is 1.